The molecule has 0 saturated carbocycles. The molecule has 16 heavy (non-hydrogen) atoms. The molecule has 0 fully saturated rings. The fourth-order valence-electron chi connectivity index (χ4n) is 1.30. The predicted octanol–water partition coefficient (Wildman–Crippen LogP) is 1.48. The summed E-state index contributed by atoms with van der Waals surface area (Å²) in [6, 6.07) is 2.52. The molecule has 0 radical (unpaired) electrons. The number of halogens is 2. The highest BCUT2D eigenvalue weighted by Gasteiger charge is 2.15. The van der Waals surface area contributed by atoms with E-state index in [4.69, 9.17) is 16.7 Å². The van der Waals surface area contributed by atoms with Crippen LogP contribution in [0.15, 0.2) is 23.1 Å². The number of carboxylic acids is 1. The maximum Gasteiger partial charge on any atom is 0.341 e. The first-order valence-electron chi connectivity index (χ1n) is 4.12. The van der Waals surface area contributed by atoms with Crippen molar-refractivity contribution >= 4 is 28.6 Å². The molecule has 0 amide bonds. The molecule has 2 aromatic rings. The second-order valence-electron chi connectivity index (χ2n) is 2.99. The minimum Gasteiger partial charge on any atom is -0.477 e. The Labute approximate surface area is 92.6 Å². The van der Waals surface area contributed by atoms with Gasteiger partial charge in [0.15, 0.2) is 5.65 Å². The number of carboxylic acid groups (broad SMARTS) is 1. The number of nitrogens with zero attached hydrogens (tertiary/aromatic N) is 2. The summed E-state index contributed by atoms with van der Waals surface area (Å²) in [5, 5.41) is 8.56. The Morgan fingerprint density at radius 1 is 1.50 bits per heavy atom. The molecule has 7 heteroatoms. The van der Waals surface area contributed by atoms with E-state index in [1.807, 2.05) is 0 Å². The third-order valence-electron chi connectivity index (χ3n) is 2.01. The Bertz CT molecular complexity index is 653. The molecule has 0 atom stereocenters. The number of rotatable bonds is 1. The lowest BCUT2D eigenvalue weighted by atomic mass is 10.2. The lowest BCUT2D eigenvalue weighted by Gasteiger charge is -2.02. The Hall–Kier alpha value is -1.95. The number of fused-ring (bicyclic) bond motifs is 1. The third kappa shape index (κ3) is 1.53. The van der Waals surface area contributed by atoms with E-state index in [0.717, 1.165) is 0 Å². The Balaban J connectivity index is 2.96. The summed E-state index contributed by atoms with van der Waals surface area (Å²) in [7, 11) is 0. The maximum absolute atomic E-state index is 13.4. The molecule has 0 unspecified atom stereocenters. The van der Waals surface area contributed by atoms with Crippen molar-refractivity contribution in [2.75, 3.05) is 0 Å². The van der Waals surface area contributed by atoms with Crippen LogP contribution in [0.2, 0.25) is 5.15 Å². The van der Waals surface area contributed by atoms with Gasteiger partial charge in [0.1, 0.15) is 10.7 Å². The maximum atomic E-state index is 13.4. The lowest BCUT2D eigenvalue weighted by molar-refractivity contribution is 0.0693. The van der Waals surface area contributed by atoms with Gasteiger partial charge in [-0.1, -0.05) is 16.1 Å². The lowest BCUT2D eigenvalue weighted by Crippen LogP contribution is -2.17. The van der Waals surface area contributed by atoms with Crippen LogP contribution >= 0.6 is 11.6 Å². The van der Waals surface area contributed by atoms with Gasteiger partial charge in [-0.2, -0.15) is 4.79 Å². The molecule has 5 nitrogen and oxygen atoms in total. The number of carbonyl (C=O) groups is 1. The van der Waals surface area contributed by atoms with E-state index in [0.29, 0.717) is 6.20 Å². The molecule has 0 aliphatic rings. The SMILES string of the molecule is O=C(O)c1cn(F)c2nc(Cl)ccc2c1=O. The van der Waals surface area contributed by atoms with E-state index in [9.17, 15) is 14.1 Å². The number of aromatic carboxylic acids is 1. The van der Waals surface area contributed by atoms with E-state index in [-0.39, 0.29) is 21.0 Å². The normalized spacial score (nSPS) is 10.6. The van der Waals surface area contributed by atoms with Gasteiger partial charge in [-0.3, -0.25) is 4.79 Å². The average Bonchev–Trinajstić information content (AvgIpc) is 2.22. The summed E-state index contributed by atoms with van der Waals surface area (Å²) in [5.41, 5.74) is -1.75. The van der Waals surface area contributed by atoms with Crippen LogP contribution in [-0.4, -0.2) is 20.8 Å². The summed E-state index contributed by atoms with van der Waals surface area (Å²) < 4.78 is 13.4. The topological polar surface area (TPSA) is 72.2 Å². The van der Waals surface area contributed by atoms with Gasteiger partial charge in [0, 0.05) is 0 Å². The molecule has 0 aromatic carbocycles. The monoisotopic (exact) mass is 242 g/mol. The van der Waals surface area contributed by atoms with Crippen LogP contribution in [0.4, 0.5) is 4.48 Å². The summed E-state index contributed by atoms with van der Waals surface area (Å²) in [4.78, 5) is 25.8. The molecule has 0 aliphatic heterocycles. The third-order valence-corrected chi connectivity index (χ3v) is 2.22. The highest BCUT2D eigenvalue weighted by molar-refractivity contribution is 6.29. The first-order chi connectivity index (χ1) is 7.50. The minimum atomic E-state index is -1.49. The standard InChI is InChI=1S/C9H4ClFN2O3/c10-6-2-1-4-7(14)5(9(15)16)3-13(11)8(4)12-6/h1-3H,(H,15,16). The summed E-state index contributed by atoms with van der Waals surface area (Å²) >= 11 is 5.54. The zero-order chi connectivity index (χ0) is 11.9. The van der Waals surface area contributed by atoms with Crippen molar-refractivity contribution in [3.05, 3.63) is 39.3 Å². The fraction of sp³-hybridized carbons (Fsp3) is 0. The Kier molecular flexibility index (Phi) is 2.35. The van der Waals surface area contributed by atoms with Crippen molar-refractivity contribution in [1.29, 1.82) is 0 Å². The van der Waals surface area contributed by atoms with Gasteiger partial charge in [-0.05, 0) is 12.1 Å². The smallest absolute Gasteiger partial charge is 0.341 e. The molecule has 0 aliphatic carbocycles. The molecule has 2 aromatic heterocycles. The van der Waals surface area contributed by atoms with Gasteiger partial charge in [0.25, 0.3) is 0 Å². The van der Waals surface area contributed by atoms with Crippen LogP contribution in [-0.2, 0) is 0 Å². The molecule has 82 valence electrons. The molecule has 2 heterocycles. The number of pyridine rings is 2. The first-order valence-corrected chi connectivity index (χ1v) is 4.50. The second-order valence-corrected chi connectivity index (χ2v) is 3.38. The quantitative estimate of drug-likeness (QED) is 0.769. The van der Waals surface area contributed by atoms with Crippen LogP contribution in [0.25, 0.3) is 11.0 Å². The van der Waals surface area contributed by atoms with Gasteiger partial charge < -0.3 is 5.11 Å². The van der Waals surface area contributed by atoms with Crippen molar-refractivity contribution in [2.24, 2.45) is 0 Å². The number of hydrogen-bond acceptors (Lipinski definition) is 3. The number of hydrogen-bond donors (Lipinski definition) is 1. The van der Waals surface area contributed by atoms with Gasteiger partial charge in [0.2, 0.25) is 5.43 Å². The second kappa shape index (κ2) is 3.57. The van der Waals surface area contributed by atoms with Crippen molar-refractivity contribution in [1.82, 2.24) is 9.77 Å². The molecular formula is C9H4ClFN2O3. The molecule has 0 spiro atoms. The van der Waals surface area contributed by atoms with Crippen LogP contribution in [0, 0.1) is 0 Å². The van der Waals surface area contributed by atoms with Crippen molar-refractivity contribution < 1.29 is 14.4 Å². The average molecular weight is 243 g/mol. The van der Waals surface area contributed by atoms with E-state index in [1.165, 1.54) is 12.1 Å². The van der Waals surface area contributed by atoms with Gasteiger partial charge in [-0.25, -0.2) is 9.78 Å². The Morgan fingerprint density at radius 2 is 2.19 bits per heavy atom. The highest BCUT2D eigenvalue weighted by Crippen LogP contribution is 2.13. The van der Waals surface area contributed by atoms with Crippen LogP contribution in [0.3, 0.4) is 0 Å². The zero-order valence-corrected chi connectivity index (χ0v) is 8.40. The molecule has 1 N–H and O–H groups in total. The van der Waals surface area contributed by atoms with E-state index < -0.39 is 17.0 Å². The van der Waals surface area contributed by atoms with Crippen LogP contribution < -0.4 is 5.43 Å². The summed E-state index contributed by atoms with van der Waals surface area (Å²) in [6.45, 7) is 0. The van der Waals surface area contributed by atoms with E-state index in [2.05, 4.69) is 4.98 Å². The van der Waals surface area contributed by atoms with E-state index in [1.54, 1.807) is 0 Å². The predicted molar refractivity (Wildman–Crippen MR) is 54.5 cm³/mol. The molecular weight excluding hydrogens is 239 g/mol. The Morgan fingerprint density at radius 3 is 2.81 bits per heavy atom. The largest absolute Gasteiger partial charge is 0.477 e. The fourth-order valence-corrected chi connectivity index (χ4v) is 1.44. The molecule has 0 saturated heterocycles. The van der Waals surface area contributed by atoms with Crippen molar-refractivity contribution in [3.8, 4) is 0 Å². The van der Waals surface area contributed by atoms with E-state index >= 15 is 0 Å². The van der Waals surface area contributed by atoms with Gasteiger partial charge in [-0.15, -0.1) is 0 Å². The molecule has 2 rings (SSSR count). The van der Waals surface area contributed by atoms with Crippen LogP contribution in [0.1, 0.15) is 10.4 Å². The van der Waals surface area contributed by atoms with Crippen LogP contribution in [0.5, 0.6) is 0 Å². The summed E-state index contributed by atoms with van der Waals surface area (Å²) in [5.74, 6) is -1.49. The zero-order valence-electron chi connectivity index (χ0n) is 7.65. The number of aromatic nitrogens is 2. The minimum absolute atomic E-state index is 0.0152. The van der Waals surface area contributed by atoms with Gasteiger partial charge in [0.05, 0.1) is 11.6 Å². The highest BCUT2D eigenvalue weighted by atomic mass is 35.5. The first kappa shape index (κ1) is 10.6. The summed E-state index contributed by atoms with van der Waals surface area (Å²) in [6.07, 6.45) is 0.566. The van der Waals surface area contributed by atoms with Crippen molar-refractivity contribution in [3.63, 3.8) is 0 Å². The van der Waals surface area contributed by atoms with Crippen molar-refractivity contribution in [2.45, 2.75) is 0 Å². The van der Waals surface area contributed by atoms with Gasteiger partial charge >= 0.3 is 5.97 Å². The molecule has 0 bridgehead atoms.